The van der Waals surface area contributed by atoms with E-state index in [1.165, 1.54) is 0 Å². The van der Waals surface area contributed by atoms with E-state index >= 15 is 0 Å². The summed E-state index contributed by atoms with van der Waals surface area (Å²) in [6.07, 6.45) is 3.59. The predicted octanol–water partition coefficient (Wildman–Crippen LogP) is 4.69. The van der Waals surface area contributed by atoms with Gasteiger partial charge in [0.05, 0.1) is 10.6 Å². The summed E-state index contributed by atoms with van der Waals surface area (Å²) in [5, 5.41) is 33.5. The molecule has 1 saturated carbocycles. The highest BCUT2D eigenvalue weighted by molar-refractivity contribution is 6.32. The summed E-state index contributed by atoms with van der Waals surface area (Å²) in [6, 6.07) is 13.2. The highest BCUT2D eigenvalue weighted by Crippen LogP contribution is 2.60. The lowest BCUT2D eigenvalue weighted by atomic mass is 9.49. The van der Waals surface area contributed by atoms with Crippen LogP contribution in [0.25, 0.3) is 0 Å². The van der Waals surface area contributed by atoms with Crippen molar-refractivity contribution in [1.82, 2.24) is 0 Å². The van der Waals surface area contributed by atoms with Crippen LogP contribution in [0.4, 0.5) is 0 Å². The minimum atomic E-state index is -1.28. The number of aliphatic hydroxyl groups is 2. The molecule has 3 nitrogen and oxygen atoms in total. The summed E-state index contributed by atoms with van der Waals surface area (Å²) in [5.74, 6) is 0.351. The van der Waals surface area contributed by atoms with Crippen LogP contribution in [-0.2, 0) is 17.4 Å². The molecular formula is C23H27ClO3. The third-order valence-electron chi connectivity index (χ3n) is 7.23. The SMILES string of the molecule is CC[C@@]12C[C@@](C)(O)[C@](O)(c3ccccc3)C[C@H]1CCc1cc(O)c(Cl)cc12. The van der Waals surface area contributed by atoms with E-state index in [9.17, 15) is 15.3 Å². The second-order valence-electron chi connectivity index (χ2n) is 8.59. The summed E-state index contributed by atoms with van der Waals surface area (Å²) in [4.78, 5) is 0. The van der Waals surface area contributed by atoms with Crippen LogP contribution in [0.15, 0.2) is 42.5 Å². The minimum absolute atomic E-state index is 0.114. The molecule has 2 aromatic carbocycles. The van der Waals surface area contributed by atoms with Gasteiger partial charge in [0, 0.05) is 5.41 Å². The highest BCUT2D eigenvalue weighted by atomic mass is 35.5. The number of fused-ring (bicyclic) bond motifs is 3. The molecule has 27 heavy (non-hydrogen) atoms. The van der Waals surface area contributed by atoms with Gasteiger partial charge in [-0.05, 0) is 73.8 Å². The Morgan fingerprint density at radius 3 is 2.52 bits per heavy atom. The quantitative estimate of drug-likeness (QED) is 0.701. The van der Waals surface area contributed by atoms with Crippen LogP contribution >= 0.6 is 11.6 Å². The second-order valence-corrected chi connectivity index (χ2v) is 8.99. The smallest absolute Gasteiger partial charge is 0.134 e. The van der Waals surface area contributed by atoms with E-state index < -0.39 is 11.2 Å². The first-order chi connectivity index (χ1) is 12.7. The third-order valence-corrected chi connectivity index (χ3v) is 7.53. The molecule has 0 radical (unpaired) electrons. The topological polar surface area (TPSA) is 60.7 Å². The van der Waals surface area contributed by atoms with Gasteiger partial charge >= 0.3 is 0 Å². The van der Waals surface area contributed by atoms with Crippen molar-refractivity contribution in [2.45, 2.75) is 62.6 Å². The number of halogens is 1. The zero-order valence-corrected chi connectivity index (χ0v) is 16.6. The molecule has 4 heteroatoms. The molecule has 0 aromatic heterocycles. The zero-order valence-electron chi connectivity index (χ0n) is 15.9. The Balaban J connectivity index is 1.85. The number of benzene rings is 2. The Morgan fingerprint density at radius 1 is 1.15 bits per heavy atom. The first kappa shape index (κ1) is 18.8. The van der Waals surface area contributed by atoms with E-state index in [0.717, 1.165) is 36.0 Å². The van der Waals surface area contributed by atoms with E-state index in [-0.39, 0.29) is 17.1 Å². The molecule has 2 aliphatic rings. The van der Waals surface area contributed by atoms with Gasteiger partial charge in [-0.15, -0.1) is 0 Å². The second kappa shape index (κ2) is 6.23. The molecule has 2 aliphatic carbocycles. The summed E-state index contributed by atoms with van der Waals surface area (Å²) < 4.78 is 0. The maximum Gasteiger partial charge on any atom is 0.134 e. The summed E-state index contributed by atoms with van der Waals surface area (Å²) in [7, 11) is 0. The van der Waals surface area contributed by atoms with Crippen LogP contribution in [0.3, 0.4) is 0 Å². The minimum Gasteiger partial charge on any atom is -0.506 e. The van der Waals surface area contributed by atoms with E-state index in [2.05, 4.69) is 6.92 Å². The van der Waals surface area contributed by atoms with Gasteiger partial charge in [-0.2, -0.15) is 0 Å². The van der Waals surface area contributed by atoms with Crippen LogP contribution in [0, 0.1) is 5.92 Å². The molecule has 1 fully saturated rings. The number of hydrogen-bond donors (Lipinski definition) is 3. The predicted molar refractivity (Wildman–Crippen MR) is 107 cm³/mol. The molecule has 0 bridgehead atoms. The molecule has 0 spiro atoms. The first-order valence-electron chi connectivity index (χ1n) is 9.76. The van der Waals surface area contributed by atoms with Crippen molar-refractivity contribution in [3.63, 3.8) is 0 Å². The maximum absolute atomic E-state index is 11.6. The van der Waals surface area contributed by atoms with E-state index in [0.29, 0.717) is 17.9 Å². The summed E-state index contributed by atoms with van der Waals surface area (Å²) in [6.45, 7) is 3.90. The number of phenolic OH excluding ortho intramolecular Hbond substituents is 1. The van der Waals surface area contributed by atoms with Crippen LogP contribution < -0.4 is 0 Å². The van der Waals surface area contributed by atoms with Crippen molar-refractivity contribution in [3.05, 3.63) is 64.2 Å². The Hall–Kier alpha value is -1.55. The van der Waals surface area contributed by atoms with Gasteiger partial charge in [0.2, 0.25) is 0 Å². The number of rotatable bonds is 2. The number of hydrogen-bond acceptors (Lipinski definition) is 3. The van der Waals surface area contributed by atoms with Crippen molar-refractivity contribution < 1.29 is 15.3 Å². The fraction of sp³-hybridized carbons (Fsp3) is 0.478. The average Bonchev–Trinajstić information content (AvgIpc) is 2.65. The molecule has 0 heterocycles. The highest BCUT2D eigenvalue weighted by Gasteiger charge is 2.60. The molecule has 0 saturated heterocycles. The van der Waals surface area contributed by atoms with Gasteiger partial charge in [-0.25, -0.2) is 0 Å². The van der Waals surface area contributed by atoms with Crippen molar-refractivity contribution in [2.75, 3.05) is 0 Å². The lowest BCUT2D eigenvalue weighted by Gasteiger charge is -2.59. The maximum atomic E-state index is 11.6. The van der Waals surface area contributed by atoms with E-state index in [1.54, 1.807) is 13.0 Å². The normalized spacial score (nSPS) is 35.4. The Kier molecular flexibility index (Phi) is 4.34. The third kappa shape index (κ3) is 2.63. The molecule has 4 atom stereocenters. The van der Waals surface area contributed by atoms with Gasteiger partial charge in [-0.1, -0.05) is 48.9 Å². The molecule has 3 N–H and O–H groups in total. The average molecular weight is 387 g/mol. The van der Waals surface area contributed by atoms with Crippen LogP contribution in [-0.4, -0.2) is 20.9 Å². The fourth-order valence-corrected chi connectivity index (χ4v) is 5.89. The Morgan fingerprint density at radius 2 is 1.85 bits per heavy atom. The molecule has 144 valence electrons. The largest absolute Gasteiger partial charge is 0.506 e. The van der Waals surface area contributed by atoms with Crippen molar-refractivity contribution in [3.8, 4) is 5.75 Å². The number of aryl methyl sites for hydroxylation is 1. The van der Waals surface area contributed by atoms with E-state index in [4.69, 9.17) is 11.6 Å². The van der Waals surface area contributed by atoms with Crippen molar-refractivity contribution in [1.29, 1.82) is 0 Å². The Bertz CT molecular complexity index is 863. The number of aromatic hydroxyl groups is 1. The standard InChI is InChI=1S/C23H27ClO3/c1-3-22-14-21(2,26)23(27,16-7-5-4-6-8-16)13-17(22)10-9-15-11-20(25)19(24)12-18(15)22/h4-8,11-12,17,25-27H,3,9-10,13-14H2,1-2H3/t17-,21-,22-,23-/m1/s1. The fourth-order valence-electron chi connectivity index (χ4n) is 5.72. The van der Waals surface area contributed by atoms with E-state index in [1.807, 2.05) is 36.4 Å². The number of phenols is 1. The lowest BCUT2D eigenvalue weighted by Crippen LogP contribution is -2.62. The Labute approximate surface area is 165 Å². The molecule has 4 rings (SSSR count). The van der Waals surface area contributed by atoms with Gasteiger partial charge in [-0.3, -0.25) is 0 Å². The van der Waals surface area contributed by atoms with Crippen LogP contribution in [0.1, 0.15) is 56.2 Å². The van der Waals surface area contributed by atoms with Gasteiger partial charge in [0.15, 0.2) is 0 Å². The van der Waals surface area contributed by atoms with Crippen molar-refractivity contribution >= 4 is 11.6 Å². The summed E-state index contributed by atoms with van der Waals surface area (Å²) in [5.41, 5.74) is 0.190. The monoisotopic (exact) mass is 386 g/mol. The molecule has 0 aliphatic heterocycles. The molecule has 2 aromatic rings. The molecule has 0 amide bonds. The van der Waals surface area contributed by atoms with Crippen LogP contribution in [0.2, 0.25) is 5.02 Å². The van der Waals surface area contributed by atoms with Crippen LogP contribution in [0.5, 0.6) is 5.75 Å². The van der Waals surface area contributed by atoms with Gasteiger partial charge in [0.1, 0.15) is 11.4 Å². The first-order valence-corrected chi connectivity index (χ1v) is 10.1. The van der Waals surface area contributed by atoms with Gasteiger partial charge < -0.3 is 15.3 Å². The van der Waals surface area contributed by atoms with Crippen molar-refractivity contribution in [2.24, 2.45) is 5.92 Å². The summed E-state index contributed by atoms with van der Waals surface area (Å²) >= 11 is 6.26. The molecular weight excluding hydrogens is 360 g/mol. The van der Waals surface area contributed by atoms with Gasteiger partial charge in [0.25, 0.3) is 0 Å². The zero-order chi connectivity index (χ0) is 19.4. The lowest BCUT2D eigenvalue weighted by molar-refractivity contribution is -0.205. The molecule has 0 unspecified atom stereocenters.